The van der Waals surface area contributed by atoms with Crippen molar-refractivity contribution in [2.75, 3.05) is 10.2 Å². The van der Waals surface area contributed by atoms with Gasteiger partial charge in [-0.1, -0.05) is 48.0 Å². The fourth-order valence-electron chi connectivity index (χ4n) is 3.73. The van der Waals surface area contributed by atoms with Gasteiger partial charge in [0, 0.05) is 30.8 Å². The number of hydrogen-bond donors (Lipinski definition) is 2. The number of aryl methyl sites for hydroxylation is 2. The van der Waals surface area contributed by atoms with Crippen LogP contribution in [0.1, 0.15) is 49.4 Å². The maximum atomic E-state index is 13.6. The number of aromatic nitrogens is 1. The van der Waals surface area contributed by atoms with Crippen LogP contribution in [0.15, 0.2) is 72.9 Å². The van der Waals surface area contributed by atoms with E-state index in [2.05, 4.69) is 15.6 Å². The summed E-state index contributed by atoms with van der Waals surface area (Å²) in [7, 11) is 0. The first-order chi connectivity index (χ1) is 16.7. The van der Waals surface area contributed by atoms with Gasteiger partial charge < -0.3 is 10.6 Å². The van der Waals surface area contributed by atoms with Crippen molar-refractivity contribution in [3.05, 3.63) is 89.6 Å². The minimum atomic E-state index is -0.883. The van der Waals surface area contributed by atoms with Crippen LogP contribution < -0.4 is 15.5 Å². The van der Waals surface area contributed by atoms with Gasteiger partial charge in [0.05, 0.1) is 0 Å². The van der Waals surface area contributed by atoms with Crippen LogP contribution in [0.25, 0.3) is 0 Å². The van der Waals surface area contributed by atoms with E-state index in [1.165, 1.54) is 4.90 Å². The molecule has 0 aliphatic heterocycles. The molecule has 182 valence electrons. The molecule has 1 aromatic heterocycles. The van der Waals surface area contributed by atoms with E-state index in [1.807, 2.05) is 76.2 Å². The fraction of sp³-hybridized carbons (Fsp3) is 0.286. The predicted octanol–water partition coefficient (Wildman–Crippen LogP) is 4.72. The number of nitrogens with zero attached hydrogens (tertiary/aromatic N) is 2. The quantitative estimate of drug-likeness (QED) is 0.472. The fourth-order valence-corrected chi connectivity index (χ4v) is 3.73. The molecular formula is C28H32N4O3. The van der Waals surface area contributed by atoms with Crippen LogP contribution in [0.3, 0.4) is 0 Å². The number of rotatable bonds is 9. The summed E-state index contributed by atoms with van der Waals surface area (Å²) in [4.78, 5) is 45.1. The second-order valence-corrected chi connectivity index (χ2v) is 8.84. The average molecular weight is 473 g/mol. The predicted molar refractivity (Wildman–Crippen MR) is 138 cm³/mol. The van der Waals surface area contributed by atoms with Gasteiger partial charge in [-0.15, -0.1) is 0 Å². The first-order valence-electron chi connectivity index (χ1n) is 11.7. The van der Waals surface area contributed by atoms with Crippen LogP contribution in [-0.4, -0.2) is 28.7 Å². The number of anilines is 2. The minimum Gasteiger partial charge on any atom is -0.352 e. The number of benzene rings is 2. The smallest absolute Gasteiger partial charge is 0.248 e. The van der Waals surface area contributed by atoms with Gasteiger partial charge in [-0.3, -0.25) is 19.3 Å². The molecule has 1 atom stereocenters. The maximum absolute atomic E-state index is 13.6. The SMILES string of the molecule is Cc1ccc([C@H](C(=O)NC(C)C)N(C(=O)CCC(=O)Nc2ccccn2)c2cccc(C)c2)cc1. The molecule has 1 heterocycles. The van der Waals surface area contributed by atoms with Gasteiger partial charge in [-0.2, -0.15) is 0 Å². The van der Waals surface area contributed by atoms with E-state index in [1.54, 1.807) is 24.4 Å². The summed E-state index contributed by atoms with van der Waals surface area (Å²) in [6.45, 7) is 7.66. The molecule has 2 aromatic carbocycles. The lowest BCUT2D eigenvalue weighted by Crippen LogP contribution is -2.46. The van der Waals surface area contributed by atoms with Crippen molar-refractivity contribution in [2.45, 2.75) is 52.6 Å². The topological polar surface area (TPSA) is 91.4 Å². The third-order valence-corrected chi connectivity index (χ3v) is 5.38. The van der Waals surface area contributed by atoms with Gasteiger partial charge in [0.25, 0.3) is 0 Å². The summed E-state index contributed by atoms with van der Waals surface area (Å²) in [5, 5.41) is 5.65. The standard InChI is InChI=1S/C28H32N4O3/c1-19(2)30-28(35)27(22-13-11-20(3)12-14-22)32(23-9-7-8-21(4)18-23)26(34)16-15-25(33)31-24-10-5-6-17-29-24/h5-14,17-19,27H,15-16H2,1-4H3,(H,30,35)(H,29,31,33)/t27-/m1/s1. The van der Waals surface area contributed by atoms with Crippen LogP contribution in [-0.2, 0) is 14.4 Å². The van der Waals surface area contributed by atoms with Crippen LogP contribution in [0, 0.1) is 13.8 Å². The second kappa shape index (κ2) is 11.9. The third kappa shape index (κ3) is 7.24. The Morgan fingerprint density at radius 1 is 0.886 bits per heavy atom. The van der Waals surface area contributed by atoms with Crippen LogP contribution in [0.4, 0.5) is 11.5 Å². The van der Waals surface area contributed by atoms with E-state index in [0.717, 1.165) is 11.1 Å². The van der Waals surface area contributed by atoms with Gasteiger partial charge >= 0.3 is 0 Å². The van der Waals surface area contributed by atoms with Gasteiger partial charge in [0.15, 0.2) is 0 Å². The van der Waals surface area contributed by atoms with E-state index in [4.69, 9.17) is 0 Å². The number of pyridine rings is 1. The number of amides is 3. The van der Waals surface area contributed by atoms with Crippen molar-refractivity contribution in [2.24, 2.45) is 0 Å². The van der Waals surface area contributed by atoms with Crippen molar-refractivity contribution in [3.63, 3.8) is 0 Å². The molecule has 0 radical (unpaired) electrons. The summed E-state index contributed by atoms with van der Waals surface area (Å²) in [5.74, 6) is -0.498. The van der Waals surface area contributed by atoms with Gasteiger partial charge in [0.1, 0.15) is 11.9 Å². The third-order valence-electron chi connectivity index (χ3n) is 5.38. The van der Waals surface area contributed by atoms with E-state index in [-0.39, 0.29) is 36.6 Å². The Morgan fingerprint density at radius 3 is 2.26 bits per heavy atom. The molecule has 3 rings (SSSR count). The largest absolute Gasteiger partial charge is 0.352 e. The van der Waals surface area contributed by atoms with Crippen molar-refractivity contribution in [1.82, 2.24) is 10.3 Å². The Kier molecular flexibility index (Phi) is 8.73. The molecule has 0 saturated heterocycles. The Morgan fingerprint density at radius 2 is 1.63 bits per heavy atom. The van der Waals surface area contributed by atoms with Crippen LogP contribution in [0.2, 0.25) is 0 Å². The molecular weight excluding hydrogens is 440 g/mol. The highest BCUT2D eigenvalue weighted by molar-refractivity contribution is 6.03. The van der Waals surface area contributed by atoms with Crippen molar-refractivity contribution >= 4 is 29.2 Å². The summed E-state index contributed by atoms with van der Waals surface area (Å²) < 4.78 is 0. The first kappa shape index (κ1) is 25.6. The molecule has 7 heteroatoms. The lowest BCUT2D eigenvalue weighted by atomic mass is 10.0. The average Bonchev–Trinajstić information content (AvgIpc) is 2.82. The van der Waals surface area contributed by atoms with Gasteiger partial charge in [-0.05, 0) is 63.1 Å². The van der Waals surface area contributed by atoms with E-state index < -0.39 is 6.04 Å². The number of carbonyl (C=O) groups is 3. The van der Waals surface area contributed by atoms with Gasteiger partial charge in [0.2, 0.25) is 17.7 Å². The molecule has 3 aromatic rings. The number of carbonyl (C=O) groups excluding carboxylic acids is 3. The lowest BCUT2D eigenvalue weighted by Gasteiger charge is -2.32. The van der Waals surface area contributed by atoms with Gasteiger partial charge in [-0.25, -0.2) is 4.98 Å². The molecule has 0 saturated carbocycles. The number of nitrogens with one attached hydrogen (secondary N) is 2. The Labute approximate surface area is 206 Å². The van der Waals surface area contributed by atoms with E-state index in [0.29, 0.717) is 17.1 Å². The Balaban J connectivity index is 1.93. The zero-order chi connectivity index (χ0) is 25.4. The highest BCUT2D eigenvalue weighted by Crippen LogP contribution is 2.30. The molecule has 2 N–H and O–H groups in total. The lowest BCUT2D eigenvalue weighted by molar-refractivity contribution is -0.127. The summed E-state index contributed by atoms with van der Waals surface area (Å²) >= 11 is 0. The zero-order valence-electron chi connectivity index (χ0n) is 20.6. The molecule has 0 aliphatic rings. The van der Waals surface area contributed by atoms with Crippen molar-refractivity contribution in [1.29, 1.82) is 0 Å². The second-order valence-electron chi connectivity index (χ2n) is 8.84. The molecule has 0 spiro atoms. The zero-order valence-corrected chi connectivity index (χ0v) is 20.6. The van der Waals surface area contributed by atoms with Crippen molar-refractivity contribution in [3.8, 4) is 0 Å². The highest BCUT2D eigenvalue weighted by Gasteiger charge is 2.33. The van der Waals surface area contributed by atoms with Crippen LogP contribution >= 0.6 is 0 Å². The Bertz CT molecular complexity index is 1160. The molecule has 3 amide bonds. The minimum absolute atomic E-state index is 0.0376. The monoisotopic (exact) mass is 472 g/mol. The van der Waals surface area contributed by atoms with E-state index in [9.17, 15) is 14.4 Å². The normalized spacial score (nSPS) is 11.6. The molecule has 35 heavy (non-hydrogen) atoms. The summed E-state index contributed by atoms with van der Waals surface area (Å²) in [6.07, 6.45) is 1.48. The molecule has 0 aliphatic carbocycles. The molecule has 0 unspecified atom stereocenters. The number of hydrogen-bond acceptors (Lipinski definition) is 4. The Hall–Kier alpha value is -4.00. The van der Waals surface area contributed by atoms with E-state index >= 15 is 0 Å². The summed E-state index contributed by atoms with van der Waals surface area (Å²) in [5.41, 5.74) is 3.31. The van der Waals surface area contributed by atoms with Crippen LogP contribution in [0.5, 0.6) is 0 Å². The highest BCUT2D eigenvalue weighted by atomic mass is 16.2. The van der Waals surface area contributed by atoms with Crippen molar-refractivity contribution < 1.29 is 14.4 Å². The maximum Gasteiger partial charge on any atom is 0.248 e. The molecule has 0 bridgehead atoms. The molecule has 7 nitrogen and oxygen atoms in total. The summed E-state index contributed by atoms with van der Waals surface area (Å²) in [6, 6.07) is 19.3. The molecule has 0 fully saturated rings. The first-order valence-corrected chi connectivity index (χ1v) is 11.7.